The van der Waals surface area contributed by atoms with Crippen molar-refractivity contribution in [2.75, 3.05) is 0 Å². The normalized spacial score (nSPS) is 13.7. The summed E-state index contributed by atoms with van der Waals surface area (Å²) in [5.74, 6) is -1.69. The minimum absolute atomic E-state index is 0.280. The fourth-order valence-corrected chi connectivity index (χ4v) is 0.887. The van der Waals surface area contributed by atoms with Gasteiger partial charge in [0.15, 0.2) is 0 Å². The molecule has 6 heteroatoms. The van der Waals surface area contributed by atoms with Gasteiger partial charge in [0, 0.05) is 0 Å². The lowest BCUT2D eigenvalue weighted by Gasteiger charge is -2.12. The molecule has 0 aliphatic heterocycles. The Morgan fingerprint density at radius 3 is 2.64 bits per heavy atom. The third-order valence-corrected chi connectivity index (χ3v) is 1.58. The van der Waals surface area contributed by atoms with E-state index in [0.29, 0.717) is 0 Å². The van der Waals surface area contributed by atoms with Crippen LogP contribution in [-0.2, 0) is 4.79 Å². The number of alkyl halides is 3. The summed E-state index contributed by atoms with van der Waals surface area (Å²) in [5, 5.41) is 1.76. The predicted octanol–water partition coefficient (Wildman–Crippen LogP) is 2.02. The highest BCUT2D eigenvalue weighted by molar-refractivity contribution is 5.81. The molecule has 0 aromatic carbocycles. The smallest absolute Gasteiger partial charge is 0.467 e. The maximum absolute atomic E-state index is 11.8. The molecule has 1 rings (SSSR count). The van der Waals surface area contributed by atoms with Crippen LogP contribution in [0.25, 0.3) is 0 Å². The molecular weight excluding hydrogens is 199 g/mol. The Labute approximate surface area is 77.9 Å². The lowest BCUT2D eigenvalue weighted by atomic mass is 10.2. The summed E-state index contributed by atoms with van der Waals surface area (Å²) in [6.45, 7) is 1.41. The zero-order valence-corrected chi connectivity index (χ0v) is 7.26. The molecule has 1 atom stereocenters. The summed E-state index contributed by atoms with van der Waals surface area (Å²) in [6.07, 6.45) is -3.54. The maximum atomic E-state index is 11.8. The Morgan fingerprint density at radius 2 is 2.21 bits per heavy atom. The third-order valence-electron chi connectivity index (χ3n) is 1.58. The summed E-state index contributed by atoms with van der Waals surface area (Å²) in [6, 6.07) is 2.23. The second-order valence-electron chi connectivity index (χ2n) is 2.71. The summed E-state index contributed by atoms with van der Waals surface area (Å²) >= 11 is 0. The first-order chi connectivity index (χ1) is 6.41. The molecule has 0 fully saturated rings. The highest BCUT2D eigenvalue weighted by Crippen LogP contribution is 2.18. The van der Waals surface area contributed by atoms with Crippen LogP contribution in [0.1, 0.15) is 18.7 Å². The van der Waals surface area contributed by atoms with E-state index in [2.05, 4.69) is 0 Å². The molecule has 1 N–H and O–H groups in total. The Balaban J connectivity index is 2.58. The highest BCUT2D eigenvalue weighted by Gasteiger charge is 2.39. The Bertz CT molecular complexity index is 305. The van der Waals surface area contributed by atoms with Gasteiger partial charge in [-0.05, 0) is 19.1 Å². The van der Waals surface area contributed by atoms with Crippen molar-refractivity contribution in [1.29, 1.82) is 0 Å². The van der Waals surface area contributed by atoms with Crippen molar-refractivity contribution in [1.82, 2.24) is 5.32 Å². The molecule has 3 nitrogen and oxygen atoms in total. The van der Waals surface area contributed by atoms with Gasteiger partial charge < -0.3 is 9.73 Å². The monoisotopic (exact) mass is 207 g/mol. The molecule has 0 saturated carbocycles. The molecular formula is C8H8F3NO2. The lowest BCUT2D eigenvalue weighted by Crippen LogP contribution is -2.38. The van der Waals surface area contributed by atoms with Gasteiger partial charge in [-0.1, -0.05) is 0 Å². The SMILES string of the molecule is C[C@H](NC(=O)C(F)(F)F)c1ccco1. The molecule has 0 radical (unpaired) electrons. The number of hydrogen-bond acceptors (Lipinski definition) is 2. The van der Waals surface area contributed by atoms with Crippen molar-refractivity contribution >= 4 is 5.91 Å². The van der Waals surface area contributed by atoms with E-state index in [9.17, 15) is 18.0 Å². The molecule has 0 aliphatic rings. The fourth-order valence-electron chi connectivity index (χ4n) is 0.887. The van der Waals surface area contributed by atoms with Crippen LogP contribution < -0.4 is 5.32 Å². The molecule has 0 saturated heterocycles. The quantitative estimate of drug-likeness (QED) is 0.806. The molecule has 14 heavy (non-hydrogen) atoms. The summed E-state index contributed by atoms with van der Waals surface area (Å²) in [5.41, 5.74) is 0. The van der Waals surface area contributed by atoms with Gasteiger partial charge in [0.25, 0.3) is 0 Å². The molecule has 1 heterocycles. The molecule has 0 aliphatic carbocycles. The van der Waals surface area contributed by atoms with Gasteiger partial charge in [-0.2, -0.15) is 13.2 Å². The zero-order valence-electron chi connectivity index (χ0n) is 7.26. The Kier molecular flexibility index (Phi) is 2.83. The van der Waals surface area contributed by atoms with E-state index in [0.717, 1.165) is 0 Å². The second-order valence-corrected chi connectivity index (χ2v) is 2.71. The molecule has 1 aromatic heterocycles. The minimum atomic E-state index is -4.86. The highest BCUT2D eigenvalue weighted by atomic mass is 19.4. The first kappa shape index (κ1) is 10.6. The van der Waals surface area contributed by atoms with Crippen LogP contribution in [0.5, 0.6) is 0 Å². The average Bonchev–Trinajstić information content (AvgIpc) is 2.53. The van der Waals surface area contributed by atoms with Crippen LogP contribution >= 0.6 is 0 Å². The van der Waals surface area contributed by atoms with Crippen LogP contribution in [0.2, 0.25) is 0 Å². The average molecular weight is 207 g/mol. The largest absolute Gasteiger partial charge is 0.471 e. The van der Waals surface area contributed by atoms with E-state index in [4.69, 9.17) is 4.42 Å². The Morgan fingerprint density at radius 1 is 1.57 bits per heavy atom. The van der Waals surface area contributed by atoms with E-state index in [-0.39, 0.29) is 5.76 Å². The number of carbonyl (C=O) groups excluding carboxylic acids is 1. The number of rotatable bonds is 2. The van der Waals surface area contributed by atoms with E-state index >= 15 is 0 Å². The first-order valence-electron chi connectivity index (χ1n) is 3.82. The molecule has 0 unspecified atom stereocenters. The molecule has 0 spiro atoms. The van der Waals surface area contributed by atoms with Crippen LogP contribution in [0, 0.1) is 0 Å². The summed E-state index contributed by atoms with van der Waals surface area (Å²) in [4.78, 5) is 10.5. The van der Waals surface area contributed by atoms with Crippen LogP contribution in [-0.4, -0.2) is 12.1 Å². The van der Waals surface area contributed by atoms with Gasteiger partial charge in [-0.15, -0.1) is 0 Å². The van der Waals surface area contributed by atoms with Gasteiger partial charge in [0.2, 0.25) is 0 Å². The van der Waals surface area contributed by atoms with Crippen molar-refractivity contribution in [2.24, 2.45) is 0 Å². The lowest BCUT2D eigenvalue weighted by molar-refractivity contribution is -0.174. The van der Waals surface area contributed by atoms with Crippen molar-refractivity contribution in [2.45, 2.75) is 19.1 Å². The second kappa shape index (κ2) is 3.73. The van der Waals surface area contributed by atoms with Crippen molar-refractivity contribution in [3.63, 3.8) is 0 Å². The van der Waals surface area contributed by atoms with E-state index in [1.165, 1.54) is 25.3 Å². The maximum Gasteiger partial charge on any atom is 0.471 e. The zero-order chi connectivity index (χ0) is 10.8. The number of halogens is 3. The van der Waals surface area contributed by atoms with E-state index < -0.39 is 18.1 Å². The topological polar surface area (TPSA) is 42.2 Å². The Hall–Kier alpha value is -1.46. The van der Waals surface area contributed by atoms with Crippen molar-refractivity contribution in [3.05, 3.63) is 24.2 Å². The van der Waals surface area contributed by atoms with Crippen molar-refractivity contribution < 1.29 is 22.4 Å². The minimum Gasteiger partial charge on any atom is -0.467 e. The van der Waals surface area contributed by atoms with Gasteiger partial charge in [0.1, 0.15) is 5.76 Å². The number of amides is 1. The third kappa shape index (κ3) is 2.51. The van der Waals surface area contributed by atoms with Crippen molar-refractivity contribution in [3.8, 4) is 0 Å². The van der Waals surface area contributed by atoms with Gasteiger partial charge in [0.05, 0.1) is 12.3 Å². The van der Waals surface area contributed by atoms with Gasteiger partial charge >= 0.3 is 12.1 Å². The molecule has 0 bridgehead atoms. The molecule has 78 valence electrons. The number of furan rings is 1. The predicted molar refractivity (Wildman–Crippen MR) is 41.3 cm³/mol. The number of carbonyl (C=O) groups is 1. The fraction of sp³-hybridized carbons (Fsp3) is 0.375. The van der Waals surface area contributed by atoms with Gasteiger partial charge in [-0.25, -0.2) is 0 Å². The van der Waals surface area contributed by atoms with Crippen LogP contribution in [0.3, 0.4) is 0 Å². The van der Waals surface area contributed by atoms with Gasteiger partial charge in [-0.3, -0.25) is 4.79 Å². The number of nitrogens with one attached hydrogen (secondary N) is 1. The standard InChI is InChI=1S/C8H8F3NO2/c1-5(6-3-2-4-14-6)12-7(13)8(9,10)11/h2-5H,1H3,(H,12,13)/t5-/m0/s1. The summed E-state index contributed by atoms with van der Waals surface area (Å²) in [7, 11) is 0. The molecule has 1 aromatic rings. The first-order valence-corrected chi connectivity index (χ1v) is 3.82. The molecule has 1 amide bonds. The van der Waals surface area contributed by atoms with E-state index in [1.807, 2.05) is 0 Å². The van der Waals surface area contributed by atoms with Crippen LogP contribution in [0.4, 0.5) is 13.2 Å². The number of hydrogen-bond donors (Lipinski definition) is 1. The summed E-state index contributed by atoms with van der Waals surface area (Å²) < 4.78 is 40.3. The van der Waals surface area contributed by atoms with Crippen LogP contribution in [0.15, 0.2) is 22.8 Å². The van der Waals surface area contributed by atoms with E-state index in [1.54, 1.807) is 5.32 Å².